The highest BCUT2D eigenvalue weighted by Gasteiger charge is 2.14. The molecule has 1 aromatic heterocycles. The lowest BCUT2D eigenvalue weighted by Gasteiger charge is -2.20. The van der Waals surface area contributed by atoms with Crippen LogP contribution in [-0.4, -0.2) is 24.6 Å². The number of halogens is 1. The molecule has 0 bridgehead atoms. The lowest BCUT2D eigenvalue weighted by molar-refractivity contribution is 0.551. The van der Waals surface area contributed by atoms with Gasteiger partial charge in [0.25, 0.3) is 6.01 Å². The highest BCUT2D eigenvalue weighted by molar-refractivity contribution is 6.31. The molecule has 16 heavy (non-hydrogen) atoms. The predicted molar refractivity (Wildman–Crippen MR) is 65.9 cm³/mol. The molecular weight excluding hydrogens is 226 g/mol. The Bertz CT molecular complexity index is 497. The first-order chi connectivity index (χ1) is 7.61. The molecule has 0 fully saturated rings. The molecule has 1 unspecified atom stereocenters. The van der Waals surface area contributed by atoms with Gasteiger partial charge < -0.3 is 15.1 Å². The number of nitrogens with two attached hydrogens (primary N) is 1. The largest absolute Gasteiger partial charge is 0.423 e. The van der Waals surface area contributed by atoms with E-state index in [2.05, 4.69) is 4.98 Å². The fourth-order valence-corrected chi connectivity index (χ4v) is 1.55. The molecule has 1 atom stereocenters. The summed E-state index contributed by atoms with van der Waals surface area (Å²) in [5.41, 5.74) is 7.09. The molecule has 0 spiro atoms. The summed E-state index contributed by atoms with van der Waals surface area (Å²) in [6, 6.07) is 6.13. The van der Waals surface area contributed by atoms with Crippen LogP contribution < -0.4 is 10.6 Å². The van der Waals surface area contributed by atoms with Crippen LogP contribution in [0.1, 0.15) is 6.92 Å². The second kappa shape index (κ2) is 4.31. The van der Waals surface area contributed by atoms with Crippen LogP contribution in [0.2, 0.25) is 5.02 Å². The summed E-state index contributed by atoms with van der Waals surface area (Å²) in [5.74, 6) is 0. The van der Waals surface area contributed by atoms with Crippen molar-refractivity contribution in [3.05, 3.63) is 23.2 Å². The van der Waals surface area contributed by atoms with Crippen molar-refractivity contribution in [1.29, 1.82) is 0 Å². The summed E-state index contributed by atoms with van der Waals surface area (Å²) >= 11 is 5.88. The maximum absolute atomic E-state index is 5.88. The van der Waals surface area contributed by atoms with E-state index in [0.717, 1.165) is 11.1 Å². The minimum absolute atomic E-state index is 0.184. The van der Waals surface area contributed by atoms with Gasteiger partial charge in [-0.05, 0) is 25.1 Å². The van der Waals surface area contributed by atoms with Crippen LogP contribution in [0.4, 0.5) is 6.01 Å². The standard InChI is InChI=1S/C11H14ClN3O/c1-7(6-13)15(2)11-14-9-5-8(12)3-4-10(9)16-11/h3-5,7H,6,13H2,1-2H3. The Balaban J connectivity index is 2.39. The van der Waals surface area contributed by atoms with Gasteiger partial charge in [0.15, 0.2) is 5.58 Å². The zero-order valence-electron chi connectivity index (χ0n) is 9.27. The van der Waals surface area contributed by atoms with Crippen molar-refractivity contribution >= 4 is 28.7 Å². The first-order valence-corrected chi connectivity index (χ1v) is 5.48. The Kier molecular flexibility index (Phi) is 3.03. The first-order valence-electron chi connectivity index (χ1n) is 5.11. The van der Waals surface area contributed by atoms with Crippen molar-refractivity contribution in [2.45, 2.75) is 13.0 Å². The molecule has 0 saturated carbocycles. The zero-order valence-corrected chi connectivity index (χ0v) is 10.0. The lowest BCUT2D eigenvalue weighted by Crippen LogP contribution is -2.35. The minimum Gasteiger partial charge on any atom is -0.423 e. The van der Waals surface area contributed by atoms with Gasteiger partial charge in [-0.2, -0.15) is 4.98 Å². The van der Waals surface area contributed by atoms with Crippen molar-refractivity contribution in [2.24, 2.45) is 5.73 Å². The summed E-state index contributed by atoms with van der Waals surface area (Å²) < 4.78 is 5.61. The molecule has 0 amide bonds. The molecule has 0 saturated heterocycles. The van der Waals surface area contributed by atoms with Crippen LogP contribution >= 0.6 is 11.6 Å². The van der Waals surface area contributed by atoms with Crippen LogP contribution in [0.5, 0.6) is 0 Å². The molecule has 1 aromatic carbocycles. The van der Waals surface area contributed by atoms with E-state index in [1.807, 2.05) is 24.9 Å². The molecule has 0 radical (unpaired) electrons. The Hall–Kier alpha value is -1.26. The number of benzene rings is 1. The molecule has 5 heteroatoms. The van der Waals surface area contributed by atoms with Gasteiger partial charge in [-0.3, -0.25) is 0 Å². The van der Waals surface area contributed by atoms with Crippen LogP contribution in [0, 0.1) is 0 Å². The Labute approximate surface area is 99.0 Å². The van der Waals surface area contributed by atoms with Gasteiger partial charge in [0, 0.05) is 24.7 Å². The molecule has 0 aliphatic rings. The average molecular weight is 240 g/mol. The highest BCUT2D eigenvalue weighted by Crippen LogP contribution is 2.24. The van der Waals surface area contributed by atoms with Crippen molar-refractivity contribution in [1.82, 2.24) is 4.98 Å². The van der Waals surface area contributed by atoms with E-state index < -0.39 is 0 Å². The second-order valence-corrected chi connectivity index (χ2v) is 4.24. The highest BCUT2D eigenvalue weighted by atomic mass is 35.5. The summed E-state index contributed by atoms with van der Waals surface area (Å²) in [6.45, 7) is 2.57. The van der Waals surface area contributed by atoms with E-state index in [4.69, 9.17) is 21.8 Å². The van der Waals surface area contributed by atoms with Crippen molar-refractivity contribution in [3.8, 4) is 0 Å². The predicted octanol–water partition coefficient (Wildman–Crippen LogP) is 2.26. The van der Waals surface area contributed by atoms with Crippen molar-refractivity contribution < 1.29 is 4.42 Å². The van der Waals surface area contributed by atoms with E-state index in [0.29, 0.717) is 17.6 Å². The molecule has 0 aliphatic heterocycles. The molecule has 2 N–H and O–H groups in total. The maximum atomic E-state index is 5.88. The summed E-state index contributed by atoms with van der Waals surface area (Å²) in [6.07, 6.45) is 0. The van der Waals surface area contributed by atoms with Gasteiger partial charge in [0.1, 0.15) is 5.52 Å². The van der Waals surface area contributed by atoms with Crippen LogP contribution in [-0.2, 0) is 0 Å². The third-order valence-electron chi connectivity index (χ3n) is 2.64. The number of hydrogen-bond acceptors (Lipinski definition) is 4. The molecule has 86 valence electrons. The Morgan fingerprint density at radius 2 is 2.31 bits per heavy atom. The van der Waals surface area contributed by atoms with E-state index in [1.54, 1.807) is 12.1 Å². The Morgan fingerprint density at radius 1 is 1.56 bits per heavy atom. The fraction of sp³-hybridized carbons (Fsp3) is 0.364. The molecule has 0 aliphatic carbocycles. The number of oxazole rings is 1. The second-order valence-electron chi connectivity index (χ2n) is 3.80. The first kappa shape index (κ1) is 11.2. The summed E-state index contributed by atoms with van der Waals surface area (Å²) in [7, 11) is 1.91. The number of rotatable bonds is 3. The van der Waals surface area contributed by atoms with E-state index in [9.17, 15) is 0 Å². The third-order valence-corrected chi connectivity index (χ3v) is 2.88. The summed E-state index contributed by atoms with van der Waals surface area (Å²) in [5, 5.41) is 0.655. The van der Waals surface area contributed by atoms with Gasteiger partial charge in [0.2, 0.25) is 0 Å². The van der Waals surface area contributed by atoms with E-state index in [-0.39, 0.29) is 6.04 Å². The maximum Gasteiger partial charge on any atom is 0.298 e. The quantitative estimate of drug-likeness (QED) is 0.893. The summed E-state index contributed by atoms with van der Waals surface area (Å²) in [4.78, 5) is 6.27. The Morgan fingerprint density at radius 3 is 3.00 bits per heavy atom. The minimum atomic E-state index is 0.184. The van der Waals surface area contributed by atoms with Gasteiger partial charge >= 0.3 is 0 Å². The number of nitrogens with zero attached hydrogens (tertiary/aromatic N) is 2. The van der Waals surface area contributed by atoms with Crippen LogP contribution in [0.25, 0.3) is 11.1 Å². The van der Waals surface area contributed by atoms with Gasteiger partial charge in [0.05, 0.1) is 0 Å². The van der Waals surface area contributed by atoms with E-state index in [1.165, 1.54) is 0 Å². The SMILES string of the molecule is CC(CN)N(C)c1nc2cc(Cl)ccc2o1. The number of anilines is 1. The molecule has 1 heterocycles. The molecule has 2 aromatic rings. The zero-order chi connectivity index (χ0) is 11.7. The molecule has 4 nitrogen and oxygen atoms in total. The van der Waals surface area contributed by atoms with Crippen molar-refractivity contribution in [2.75, 3.05) is 18.5 Å². The molecule has 2 rings (SSSR count). The lowest BCUT2D eigenvalue weighted by atomic mass is 10.3. The monoisotopic (exact) mass is 239 g/mol. The average Bonchev–Trinajstić information content (AvgIpc) is 2.69. The van der Waals surface area contributed by atoms with Gasteiger partial charge in [-0.25, -0.2) is 0 Å². The van der Waals surface area contributed by atoms with Gasteiger partial charge in [-0.15, -0.1) is 0 Å². The van der Waals surface area contributed by atoms with E-state index >= 15 is 0 Å². The van der Waals surface area contributed by atoms with Crippen LogP contribution in [0.15, 0.2) is 22.6 Å². The normalized spacial score (nSPS) is 13.0. The smallest absolute Gasteiger partial charge is 0.298 e. The van der Waals surface area contributed by atoms with Crippen molar-refractivity contribution in [3.63, 3.8) is 0 Å². The molecular formula is C11H14ClN3O. The number of aromatic nitrogens is 1. The topological polar surface area (TPSA) is 55.3 Å². The fourth-order valence-electron chi connectivity index (χ4n) is 1.39. The van der Waals surface area contributed by atoms with Crippen LogP contribution in [0.3, 0.4) is 0 Å². The number of hydrogen-bond donors (Lipinski definition) is 1. The number of fused-ring (bicyclic) bond motifs is 1. The number of likely N-dealkylation sites (N-methyl/N-ethyl adjacent to an activating group) is 1. The third kappa shape index (κ3) is 1.99. The van der Waals surface area contributed by atoms with Gasteiger partial charge in [-0.1, -0.05) is 11.6 Å².